The average molecular weight is 343 g/mol. The summed E-state index contributed by atoms with van der Waals surface area (Å²) in [5.74, 6) is -0.293. The monoisotopic (exact) mass is 343 g/mol. The Bertz CT molecular complexity index is 756. The number of methoxy groups -OCH3 is 1. The molecule has 0 aromatic heterocycles. The van der Waals surface area contributed by atoms with E-state index in [0.717, 1.165) is 5.56 Å². The number of carbonyl (C=O) groups is 1. The summed E-state index contributed by atoms with van der Waals surface area (Å²) in [5.41, 5.74) is 1.55. The van der Waals surface area contributed by atoms with Crippen molar-refractivity contribution in [3.63, 3.8) is 0 Å². The summed E-state index contributed by atoms with van der Waals surface area (Å²) in [6.45, 7) is 1.86. The third kappa shape index (κ3) is 4.97. The fourth-order valence-electron chi connectivity index (χ4n) is 2.27. The highest BCUT2D eigenvalue weighted by Crippen LogP contribution is 2.42. The Kier molecular flexibility index (Phi) is 6.39. The normalized spacial score (nSPS) is 10.8. The summed E-state index contributed by atoms with van der Waals surface area (Å²) in [5, 5.41) is 19.9. The lowest BCUT2D eigenvalue weighted by Crippen LogP contribution is -2.04. The lowest BCUT2D eigenvalue weighted by atomic mass is 10.1. The SMILES string of the molecule is COc1c(O)cc(N=CCCC(=O)OCc2ccccc2)c(O)c1C. The number of phenolic OH excluding ortho intramolecular Hbond substituents is 2. The maximum absolute atomic E-state index is 11.7. The van der Waals surface area contributed by atoms with Crippen LogP contribution in [0.1, 0.15) is 24.0 Å². The summed E-state index contributed by atoms with van der Waals surface area (Å²) in [6.07, 6.45) is 2.04. The molecule has 0 aliphatic carbocycles. The van der Waals surface area contributed by atoms with Crippen LogP contribution in [0.25, 0.3) is 0 Å². The van der Waals surface area contributed by atoms with E-state index in [1.807, 2.05) is 30.3 Å². The quantitative estimate of drug-likeness (QED) is 0.455. The zero-order chi connectivity index (χ0) is 18.2. The Morgan fingerprint density at radius 1 is 1.24 bits per heavy atom. The van der Waals surface area contributed by atoms with Gasteiger partial charge in [0.05, 0.1) is 13.5 Å². The first-order valence-corrected chi connectivity index (χ1v) is 7.84. The lowest BCUT2D eigenvalue weighted by Gasteiger charge is -2.10. The second kappa shape index (κ2) is 8.73. The van der Waals surface area contributed by atoms with E-state index in [2.05, 4.69) is 4.99 Å². The Morgan fingerprint density at radius 3 is 2.64 bits per heavy atom. The summed E-state index contributed by atoms with van der Waals surface area (Å²) in [4.78, 5) is 15.8. The number of esters is 1. The molecule has 0 fully saturated rings. The molecule has 6 heteroatoms. The van der Waals surface area contributed by atoms with Gasteiger partial charge in [0, 0.05) is 17.8 Å². The van der Waals surface area contributed by atoms with E-state index in [-0.39, 0.29) is 41.9 Å². The molecule has 132 valence electrons. The van der Waals surface area contributed by atoms with E-state index >= 15 is 0 Å². The molecule has 0 aliphatic heterocycles. The molecule has 2 aromatic carbocycles. The van der Waals surface area contributed by atoms with E-state index in [1.165, 1.54) is 19.4 Å². The standard InChI is InChI=1S/C19H21NO5/c1-13-18(23)15(11-16(21)19(13)24-2)20-10-6-9-17(22)25-12-14-7-4-3-5-8-14/h3-5,7-8,10-11,21,23H,6,9,12H2,1-2H3. The average Bonchev–Trinajstić information content (AvgIpc) is 2.62. The Balaban J connectivity index is 1.86. The van der Waals surface area contributed by atoms with Gasteiger partial charge in [-0.2, -0.15) is 0 Å². The van der Waals surface area contributed by atoms with Gasteiger partial charge in [-0.25, -0.2) is 0 Å². The van der Waals surface area contributed by atoms with Gasteiger partial charge in [-0.3, -0.25) is 9.79 Å². The van der Waals surface area contributed by atoms with Crippen molar-refractivity contribution in [2.24, 2.45) is 4.99 Å². The van der Waals surface area contributed by atoms with Crippen molar-refractivity contribution in [2.45, 2.75) is 26.4 Å². The van der Waals surface area contributed by atoms with Crippen LogP contribution in [0, 0.1) is 6.92 Å². The molecule has 0 spiro atoms. The molecule has 0 heterocycles. The molecule has 0 bridgehead atoms. The zero-order valence-corrected chi connectivity index (χ0v) is 14.2. The predicted octanol–water partition coefficient (Wildman–Crippen LogP) is 3.64. The second-order valence-corrected chi connectivity index (χ2v) is 5.42. The minimum absolute atomic E-state index is 0.0717. The van der Waals surface area contributed by atoms with Crippen LogP contribution in [-0.4, -0.2) is 29.5 Å². The van der Waals surface area contributed by atoms with Gasteiger partial charge in [0.2, 0.25) is 0 Å². The number of nitrogens with zero attached hydrogens (tertiary/aromatic N) is 1. The van der Waals surface area contributed by atoms with E-state index in [0.29, 0.717) is 12.0 Å². The van der Waals surface area contributed by atoms with Crippen LogP contribution in [0.5, 0.6) is 17.2 Å². The highest BCUT2D eigenvalue weighted by molar-refractivity contribution is 5.76. The van der Waals surface area contributed by atoms with Crippen molar-refractivity contribution < 1.29 is 24.5 Å². The van der Waals surface area contributed by atoms with Crippen molar-refractivity contribution in [1.82, 2.24) is 0 Å². The number of aliphatic imine (C=N–C) groups is 1. The lowest BCUT2D eigenvalue weighted by molar-refractivity contribution is -0.144. The molecule has 2 rings (SSSR count). The van der Waals surface area contributed by atoms with E-state index in [1.54, 1.807) is 6.92 Å². The van der Waals surface area contributed by atoms with Gasteiger partial charge in [-0.15, -0.1) is 0 Å². The minimum atomic E-state index is -0.326. The van der Waals surface area contributed by atoms with Gasteiger partial charge in [-0.05, 0) is 18.9 Å². The smallest absolute Gasteiger partial charge is 0.306 e. The predicted molar refractivity (Wildman–Crippen MR) is 94.7 cm³/mol. The van der Waals surface area contributed by atoms with Crippen molar-refractivity contribution in [2.75, 3.05) is 7.11 Å². The van der Waals surface area contributed by atoms with Gasteiger partial charge in [-0.1, -0.05) is 30.3 Å². The van der Waals surface area contributed by atoms with Crippen LogP contribution in [-0.2, 0) is 16.1 Å². The van der Waals surface area contributed by atoms with Crippen molar-refractivity contribution in [3.05, 3.63) is 47.5 Å². The summed E-state index contributed by atoms with van der Waals surface area (Å²) < 4.78 is 10.2. The zero-order valence-electron chi connectivity index (χ0n) is 14.2. The third-order valence-electron chi connectivity index (χ3n) is 3.60. The molecular weight excluding hydrogens is 322 g/mol. The molecular formula is C19H21NO5. The minimum Gasteiger partial charge on any atom is -0.505 e. The highest BCUT2D eigenvalue weighted by atomic mass is 16.5. The maximum Gasteiger partial charge on any atom is 0.306 e. The van der Waals surface area contributed by atoms with Crippen LogP contribution in [0.15, 0.2) is 41.4 Å². The molecule has 0 amide bonds. The third-order valence-corrected chi connectivity index (χ3v) is 3.60. The number of phenols is 2. The molecule has 0 radical (unpaired) electrons. The van der Waals surface area contributed by atoms with Gasteiger partial charge < -0.3 is 19.7 Å². The fourth-order valence-corrected chi connectivity index (χ4v) is 2.27. The largest absolute Gasteiger partial charge is 0.505 e. The van der Waals surface area contributed by atoms with Gasteiger partial charge in [0.25, 0.3) is 0 Å². The topological polar surface area (TPSA) is 88.4 Å². The molecule has 25 heavy (non-hydrogen) atoms. The Labute approximate surface area is 146 Å². The Hall–Kier alpha value is -3.02. The fraction of sp³-hybridized carbons (Fsp3) is 0.263. The molecule has 0 unspecified atom stereocenters. The molecule has 2 N–H and O–H groups in total. The molecule has 0 atom stereocenters. The number of benzene rings is 2. The first kappa shape index (κ1) is 18.3. The van der Waals surface area contributed by atoms with Crippen LogP contribution in [0.3, 0.4) is 0 Å². The molecule has 0 aliphatic rings. The first-order valence-electron chi connectivity index (χ1n) is 7.84. The van der Waals surface area contributed by atoms with Crippen molar-refractivity contribution in [3.8, 4) is 17.2 Å². The summed E-state index contributed by atoms with van der Waals surface area (Å²) >= 11 is 0. The molecule has 6 nitrogen and oxygen atoms in total. The molecule has 2 aromatic rings. The number of ether oxygens (including phenoxy) is 2. The van der Waals surface area contributed by atoms with Crippen LogP contribution < -0.4 is 4.74 Å². The van der Waals surface area contributed by atoms with Gasteiger partial charge >= 0.3 is 5.97 Å². The van der Waals surface area contributed by atoms with E-state index in [4.69, 9.17) is 9.47 Å². The maximum atomic E-state index is 11.7. The van der Waals surface area contributed by atoms with Gasteiger partial charge in [0.1, 0.15) is 18.0 Å². The number of carbonyl (C=O) groups excluding carboxylic acids is 1. The Morgan fingerprint density at radius 2 is 1.96 bits per heavy atom. The highest BCUT2D eigenvalue weighted by Gasteiger charge is 2.14. The first-order chi connectivity index (χ1) is 12.0. The van der Waals surface area contributed by atoms with E-state index in [9.17, 15) is 15.0 Å². The summed E-state index contributed by atoms with van der Waals surface area (Å²) in [6, 6.07) is 10.7. The number of hydrogen-bond acceptors (Lipinski definition) is 6. The summed E-state index contributed by atoms with van der Waals surface area (Å²) in [7, 11) is 1.41. The second-order valence-electron chi connectivity index (χ2n) is 5.42. The van der Waals surface area contributed by atoms with E-state index < -0.39 is 0 Å². The molecule has 0 saturated carbocycles. The number of hydrogen-bond donors (Lipinski definition) is 2. The van der Waals surface area contributed by atoms with Crippen LogP contribution in [0.2, 0.25) is 0 Å². The number of aromatic hydroxyl groups is 2. The van der Waals surface area contributed by atoms with Crippen molar-refractivity contribution >= 4 is 17.9 Å². The molecule has 0 saturated heterocycles. The van der Waals surface area contributed by atoms with Crippen LogP contribution >= 0.6 is 0 Å². The number of rotatable bonds is 7. The van der Waals surface area contributed by atoms with Crippen LogP contribution in [0.4, 0.5) is 5.69 Å². The van der Waals surface area contributed by atoms with Crippen molar-refractivity contribution in [1.29, 1.82) is 0 Å². The van der Waals surface area contributed by atoms with Gasteiger partial charge in [0.15, 0.2) is 11.5 Å².